The van der Waals surface area contributed by atoms with E-state index in [9.17, 15) is 0 Å². The van der Waals surface area contributed by atoms with Gasteiger partial charge in [0.25, 0.3) is 0 Å². The van der Waals surface area contributed by atoms with Gasteiger partial charge in [-0.25, -0.2) is 0 Å². The minimum Gasteiger partial charge on any atom is -0.399 e. The number of aryl methyl sites for hydroxylation is 3. The molecule has 8 heteroatoms. The lowest BCUT2D eigenvalue weighted by Crippen LogP contribution is -2.44. The molecule has 1 fully saturated rings. The number of pyridine rings is 1. The van der Waals surface area contributed by atoms with Crippen molar-refractivity contribution in [2.45, 2.75) is 91.6 Å². The Kier molecular flexibility index (Phi) is 11.1. The molecule has 4 heterocycles. The van der Waals surface area contributed by atoms with Crippen molar-refractivity contribution in [2.24, 2.45) is 7.05 Å². The maximum absolute atomic E-state index is 9.10. The van der Waals surface area contributed by atoms with Gasteiger partial charge in [-0.2, -0.15) is 4.90 Å². The number of anilines is 1. The van der Waals surface area contributed by atoms with E-state index in [1.165, 1.54) is 22.2 Å². The highest BCUT2D eigenvalue weighted by Gasteiger charge is 2.52. The number of benzene rings is 2. The zero-order chi connectivity index (χ0) is 33.8. The Balaban J connectivity index is 0.000000179. The summed E-state index contributed by atoms with van der Waals surface area (Å²) in [4.78, 5) is 6.17. The molecule has 1 saturated heterocycles. The molecule has 2 N–H and O–H groups in total. The Morgan fingerprint density at radius 1 is 0.756 bits per heavy atom. The van der Waals surface area contributed by atoms with E-state index in [4.69, 9.17) is 19.5 Å². The SMILES string of the molecule is CC(C)(O)C(C)(C)O.CN1[C+]=Cc2ccccc21.Cc1cccc(C)n1.Cn1cc(B2OC(C)(C)C(C)(C)O2)c2ccccc21. The minimum atomic E-state index is -1.01. The fourth-order valence-electron chi connectivity index (χ4n) is 4.36. The molecule has 2 aromatic carbocycles. The highest BCUT2D eigenvalue weighted by Crippen LogP contribution is 2.37. The summed E-state index contributed by atoms with van der Waals surface area (Å²) >= 11 is 0. The maximum Gasteiger partial charge on any atom is 0.497 e. The third kappa shape index (κ3) is 9.03. The zero-order valence-electron chi connectivity index (χ0n) is 29.1. The molecule has 0 atom stereocenters. The molecular formula is C37H51BN3O4+. The second-order valence-corrected chi connectivity index (χ2v) is 13.7. The van der Waals surface area contributed by atoms with Crippen LogP contribution in [-0.2, 0) is 16.4 Å². The van der Waals surface area contributed by atoms with E-state index < -0.39 is 11.2 Å². The predicted octanol–water partition coefficient (Wildman–Crippen LogP) is 6.61. The largest absolute Gasteiger partial charge is 0.497 e. The molecule has 6 rings (SSSR count). The van der Waals surface area contributed by atoms with Crippen LogP contribution < -0.4 is 10.4 Å². The van der Waals surface area contributed by atoms with Crippen molar-refractivity contribution in [3.63, 3.8) is 0 Å². The van der Waals surface area contributed by atoms with E-state index >= 15 is 0 Å². The predicted molar refractivity (Wildman–Crippen MR) is 187 cm³/mol. The van der Waals surface area contributed by atoms with Crippen molar-refractivity contribution in [1.82, 2.24) is 9.55 Å². The van der Waals surface area contributed by atoms with E-state index in [1.54, 1.807) is 27.7 Å². The highest BCUT2D eigenvalue weighted by molar-refractivity contribution is 6.65. The van der Waals surface area contributed by atoms with Gasteiger partial charge in [0, 0.05) is 54.8 Å². The number of para-hydroxylation sites is 2. The molecule has 0 spiro atoms. The number of rotatable bonds is 2. The standard InChI is InChI=1S/C15H20BNO2.C9H8N.C7H9N.C6H14O2/c1-14(2)15(3,4)19-16(18-14)12-10-17(5)13-9-7-6-8-11(12)13;1-10-7-6-8-4-2-3-5-9(8)10;1-6-4-3-5-7(2)8-6;1-5(2,7)6(3,4)8/h6-10H,1-5H3;2-6H,1H3;3-5H,1-2H3;7-8H,1-4H3/q;+1;;. The number of hydrogen-bond donors (Lipinski definition) is 2. The molecule has 0 unspecified atom stereocenters. The number of hydrogen-bond acceptors (Lipinski definition) is 6. The van der Waals surface area contributed by atoms with Crippen LogP contribution in [-0.4, -0.2) is 56.3 Å². The van der Waals surface area contributed by atoms with Crippen LogP contribution in [0.1, 0.15) is 72.3 Å². The third-order valence-electron chi connectivity index (χ3n) is 8.67. The molecule has 0 radical (unpaired) electrons. The first-order valence-electron chi connectivity index (χ1n) is 15.4. The van der Waals surface area contributed by atoms with E-state index in [2.05, 4.69) is 93.1 Å². The van der Waals surface area contributed by atoms with Crippen LogP contribution in [0.3, 0.4) is 0 Å². The average molecular weight is 613 g/mol. The molecule has 2 aromatic heterocycles. The Morgan fingerprint density at radius 3 is 1.76 bits per heavy atom. The molecule has 4 aromatic rings. The first kappa shape index (κ1) is 36.0. The van der Waals surface area contributed by atoms with Gasteiger partial charge < -0.3 is 24.1 Å². The van der Waals surface area contributed by atoms with Crippen LogP contribution in [0, 0.1) is 20.0 Å². The third-order valence-corrected chi connectivity index (χ3v) is 8.67. The fourth-order valence-corrected chi connectivity index (χ4v) is 4.36. The zero-order valence-corrected chi connectivity index (χ0v) is 29.1. The van der Waals surface area contributed by atoms with E-state index in [1.807, 2.05) is 62.2 Å². The number of nitrogens with zero attached hydrogens (tertiary/aromatic N) is 3. The van der Waals surface area contributed by atoms with Gasteiger partial charge in [0.15, 0.2) is 5.56 Å². The Hall–Kier alpha value is -3.52. The topological polar surface area (TPSA) is 80.0 Å². The van der Waals surface area contributed by atoms with Gasteiger partial charge in [-0.15, -0.1) is 0 Å². The van der Waals surface area contributed by atoms with Gasteiger partial charge in [-0.05, 0) is 105 Å². The van der Waals surface area contributed by atoms with Crippen molar-refractivity contribution < 1.29 is 19.5 Å². The second-order valence-electron chi connectivity index (χ2n) is 13.7. The van der Waals surface area contributed by atoms with Crippen molar-refractivity contribution in [1.29, 1.82) is 0 Å². The smallest absolute Gasteiger partial charge is 0.399 e. The second kappa shape index (κ2) is 13.9. The van der Waals surface area contributed by atoms with E-state index in [-0.39, 0.29) is 18.3 Å². The van der Waals surface area contributed by atoms with Crippen LogP contribution in [0.25, 0.3) is 17.0 Å². The summed E-state index contributed by atoms with van der Waals surface area (Å²) in [5.41, 5.74) is 4.37. The van der Waals surface area contributed by atoms with Crippen LogP contribution in [0.5, 0.6) is 0 Å². The first-order valence-corrected chi connectivity index (χ1v) is 15.4. The summed E-state index contributed by atoms with van der Waals surface area (Å²) in [5, 5.41) is 19.4. The van der Waals surface area contributed by atoms with Crippen molar-refractivity contribution >= 4 is 35.2 Å². The van der Waals surface area contributed by atoms with Gasteiger partial charge in [0.2, 0.25) is 5.69 Å². The lowest BCUT2D eigenvalue weighted by molar-refractivity contribution is -0.107. The summed E-state index contributed by atoms with van der Waals surface area (Å²) in [6.45, 7) is 18.6. The molecule has 240 valence electrons. The average Bonchev–Trinajstić information content (AvgIpc) is 3.54. The van der Waals surface area contributed by atoms with Gasteiger partial charge in [-0.3, -0.25) is 4.98 Å². The number of aliphatic hydroxyl groups is 2. The Labute approximate surface area is 270 Å². The molecule has 45 heavy (non-hydrogen) atoms. The van der Waals surface area contributed by atoms with Gasteiger partial charge >= 0.3 is 7.12 Å². The lowest BCUT2D eigenvalue weighted by atomic mass is 9.79. The van der Waals surface area contributed by atoms with E-state index in [0.717, 1.165) is 16.9 Å². The van der Waals surface area contributed by atoms with Gasteiger partial charge in [0.05, 0.1) is 22.4 Å². The molecule has 2 aliphatic heterocycles. The molecule has 0 amide bonds. The fraction of sp³-hybridized carbons (Fsp3) is 0.432. The van der Waals surface area contributed by atoms with Crippen LogP contribution in [0.2, 0.25) is 0 Å². The summed E-state index contributed by atoms with van der Waals surface area (Å²) < 4.78 is 14.4. The monoisotopic (exact) mass is 612 g/mol. The van der Waals surface area contributed by atoms with Crippen LogP contribution in [0.4, 0.5) is 5.69 Å². The van der Waals surface area contributed by atoms with Gasteiger partial charge in [-0.1, -0.05) is 24.3 Å². The minimum absolute atomic E-state index is 0.295. The van der Waals surface area contributed by atoms with Gasteiger partial charge in [0.1, 0.15) is 12.3 Å². The quantitative estimate of drug-likeness (QED) is 0.196. The Bertz CT molecular complexity index is 1550. The molecule has 0 saturated carbocycles. The van der Waals surface area contributed by atoms with Crippen LogP contribution >= 0.6 is 0 Å². The summed E-state index contributed by atoms with van der Waals surface area (Å²) in [7, 11) is 3.76. The molecule has 2 aliphatic rings. The van der Waals surface area contributed by atoms with Crippen molar-refractivity contribution in [3.8, 4) is 0 Å². The number of aromatic nitrogens is 2. The lowest BCUT2D eigenvalue weighted by Gasteiger charge is -2.32. The van der Waals surface area contributed by atoms with Crippen LogP contribution in [0.15, 0.2) is 72.9 Å². The maximum atomic E-state index is 9.10. The molecule has 0 aliphatic carbocycles. The first-order chi connectivity index (χ1) is 20.7. The molecule has 0 bridgehead atoms. The van der Waals surface area contributed by atoms with Crippen molar-refractivity contribution in [3.05, 3.63) is 96.1 Å². The van der Waals surface area contributed by atoms with Crippen molar-refractivity contribution in [2.75, 3.05) is 11.9 Å². The molecular weight excluding hydrogens is 561 g/mol. The summed E-state index contributed by atoms with van der Waals surface area (Å²) in [6.07, 6.45) is 7.19. The summed E-state index contributed by atoms with van der Waals surface area (Å²) in [6, 6.07) is 22.6. The van der Waals surface area contributed by atoms with E-state index in [0.29, 0.717) is 0 Å². The highest BCUT2D eigenvalue weighted by atomic mass is 16.7. The molecule has 7 nitrogen and oxygen atoms in total. The normalized spacial score (nSPS) is 16.0. The Morgan fingerprint density at radius 2 is 1.27 bits per heavy atom. The summed E-state index contributed by atoms with van der Waals surface area (Å²) in [5.74, 6) is 0. The number of fused-ring (bicyclic) bond motifs is 2.